The molecule has 1 N–H and O–H groups in total. The first-order valence-electron chi connectivity index (χ1n) is 5.82. The standard InChI is InChI=1S/C13H13NO3S/c15-8-10-7-14-13(18-10)9-2-3-11-12(6-9)17-5-1-4-16-11/h2-3,6-7,15H,1,4-5,8H2. The van der Waals surface area contributed by atoms with Crippen molar-refractivity contribution in [1.82, 2.24) is 4.98 Å². The van der Waals surface area contributed by atoms with Crippen LogP contribution >= 0.6 is 11.3 Å². The Morgan fingerprint density at radius 2 is 2.06 bits per heavy atom. The van der Waals surface area contributed by atoms with Crippen molar-refractivity contribution in [3.8, 4) is 22.1 Å². The van der Waals surface area contributed by atoms with Gasteiger partial charge in [-0.05, 0) is 18.2 Å². The van der Waals surface area contributed by atoms with E-state index in [0.29, 0.717) is 13.2 Å². The fraction of sp³-hybridized carbons (Fsp3) is 0.308. The molecule has 0 atom stereocenters. The highest BCUT2D eigenvalue weighted by atomic mass is 32.1. The van der Waals surface area contributed by atoms with Crippen LogP contribution in [0.1, 0.15) is 11.3 Å². The molecule has 1 aliphatic heterocycles. The predicted octanol–water partition coefficient (Wildman–Crippen LogP) is 2.46. The summed E-state index contributed by atoms with van der Waals surface area (Å²) in [7, 11) is 0. The Morgan fingerprint density at radius 3 is 2.83 bits per heavy atom. The van der Waals surface area contributed by atoms with E-state index >= 15 is 0 Å². The fourth-order valence-electron chi connectivity index (χ4n) is 1.81. The molecule has 4 nitrogen and oxygen atoms in total. The van der Waals surface area contributed by atoms with Gasteiger partial charge >= 0.3 is 0 Å². The number of fused-ring (bicyclic) bond motifs is 1. The Hall–Kier alpha value is -1.59. The van der Waals surface area contributed by atoms with Crippen molar-refractivity contribution in [2.75, 3.05) is 13.2 Å². The van der Waals surface area contributed by atoms with Crippen LogP contribution in [0.15, 0.2) is 24.4 Å². The van der Waals surface area contributed by atoms with Gasteiger partial charge in [0.25, 0.3) is 0 Å². The average molecular weight is 263 g/mol. The topological polar surface area (TPSA) is 51.6 Å². The summed E-state index contributed by atoms with van der Waals surface area (Å²) >= 11 is 1.48. The second-order valence-corrected chi connectivity index (χ2v) is 5.12. The third-order valence-corrected chi connectivity index (χ3v) is 3.74. The summed E-state index contributed by atoms with van der Waals surface area (Å²) < 4.78 is 11.2. The number of hydrogen-bond donors (Lipinski definition) is 1. The van der Waals surface area contributed by atoms with E-state index in [4.69, 9.17) is 14.6 Å². The second kappa shape index (κ2) is 4.96. The molecule has 2 heterocycles. The molecule has 0 unspecified atom stereocenters. The lowest BCUT2D eigenvalue weighted by atomic mass is 10.2. The molecule has 5 heteroatoms. The van der Waals surface area contributed by atoms with Crippen molar-refractivity contribution in [2.24, 2.45) is 0 Å². The maximum absolute atomic E-state index is 9.05. The van der Waals surface area contributed by atoms with Crippen molar-refractivity contribution < 1.29 is 14.6 Å². The molecule has 0 radical (unpaired) electrons. The number of aromatic nitrogens is 1. The van der Waals surface area contributed by atoms with Crippen molar-refractivity contribution >= 4 is 11.3 Å². The number of ether oxygens (including phenoxy) is 2. The molecule has 0 saturated heterocycles. The van der Waals surface area contributed by atoms with Crippen molar-refractivity contribution in [3.05, 3.63) is 29.3 Å². The summed E-state index contributed by atoms with van der Waals surface area (Å²) in [5.74, 6) is 1.56. The number of hydrogen-bond acceptors (Lipinski definition) is 5. The average Bonchev–Trinajstić information content (AvgIpc) is 2.76. The molecule has 94 valence electrons. The lowest BCUT2D eigenvalue weighted by Crippen LogP contribution is -1.97. The minimum atomic E-state index is 0.0300. The van der Waals surface area contributed by atoms with Crippen LogP contribution in [0.25, 0.3) is 10.6 Å². The van der Waals surface area contributed by atoms with Gasteiger partial charge in [-0.1, -0.05) is 0 Å². The number of thiazole rings is 1. The van der Waals surface area contributed by atoms with E-state index in [9.17, 15) is 0 Å². The molecule has 3 rings (SSSR count). The first kappa shape index (κ1) is 11.5. The Bertz CT molecular complexity index is 553. The van der Waals surface area contributed by atoms with E-state index in [1.807, 2.05) is 18.2 Å². The van der Waals surface area contributed by atoms with Crippen molar-refractivity contribution in [2.45, 2.75) is 13.0 Å². The summed E-state index contributed by atoms with van der Waals surface area (Å²) in [6.45, 7) is 1.40. The smallest absolute Gasteiger partial charge is 0.161 e. The fourth-order valence-corrected chi connectivity index (χ4v) is 2.58. The molecule has 1 aromatic heterocycles. The molecule has 0 fully saturated rings. The monoisotopic (exact) mass is 263 g/mol. The minimum Gasteiger partial charge on any atom is -0.490 e. The van der Waals surface area contributed by atoms with Gasteiger partial charge in [-0.3, -0.25) is 0 Å². The second-order valence-electron chi connectivity index (χ2n) is 4.00. The van der Waals surface area contributed by atoms with Crippen LogP contribution < -0.4 is 9.47 Å². The molecule has 0 saturated carbocycles. The SMILES string of the molecule is OCc1cnc(-c2ccc3c(c2)OCCCO3)s1. The minimum absolute atomic E-state index is 0.0300. The normalized spacial score (nSPS) is 14.3. The third-order valence-electron chi connectivity index (χ3n) is 2.70. The zero-order valence-electron chi connectivity index (χ0n) is 9.76. The van der Waals surface area contributed by atoms with Crippen molar-refractivity contribution in [3.63, 3.8) is 0 Å². The lowest BCUT2D eigenvalue weighted by Gasteiger charge is -2.07. The van der Waals surface area contributed by atoms with E-state index in [1.165, 1.54) is 11.3 Å². The van der Waals surface area contributed by atoms with E-state index in [-0.39, 0.29) is 6.61 Å². The summed E-state index contributed by atoms with van der Waals surface area (Å²) in [4.78, 5) is 5.15. The van der Waals surface area contributed by atoms with Gasteiger partial charge in [-0.2, -0.15) is 0 Å². The van der Waals surface area contributed by atoms with Crippen LogP contribution in [0.2, 0.25) is 0 Å². The van der Waals surface area contributed by atoms with E-state index in [1.54, 1.807) is 6.20 Å². The molecule has 2 aromatic rings. The highest BCUT2D eigenvalue weighted by Gasteiger charge is 2.12. The Kier molecular flexibility index (Phi) is 3.17. The lowest BCUT2D eigenvalue weighted by molar-refractivity contribution is 0.285. The summed E-state index contributed by atoms with van der Waals surface area (Å²) in [5.41, 5.74) is 0.990. The van der Waals surface area contributed by atoms with Gasteiger partial charge in [-0.25, -0.2) is 4.98 Å². The maximum atomic E-state index is 9.05. The first-order chi connectivity index (χ1) is 8.86. The Morgan fingerprint density at radius 1 is 1.22 bits per heavy atom. The maximum Gasteiger partial charge on any atom is 0.161 e. The van der Waals surface area contributed by atoms with E-state index in [0.717, 1.165) is 33.4 Å². The molecular weight excluding hydrogens is 250 g/mol. The van der Waals surface area contributed by atoms with Crippen LogP contribution in [0.5, 0.6) is 11.5 Å². The van der Waals surface area contributed by atoms with Crippen LogP contribution in [0.4, 0.5) is 0 Å². The van der Waals surface area contributed by atoms with Gasteiger partial charge in [0.1, 0.15) is 5.01 Å². The van der Waals surface area contributed by atoms with Gasteiger partial charge < -0.3 is 14.6 Å². The summed E-state index contributed by atoms with van der Waals surface area (Å²) in [5, 5.41) is 9.94. The van der Waals surface area contributed by atoms with Crippen LogP contribution in [0, 0.1) is 0 Å². The van der Waals surface area contributed by atoms with Crippen LogP contribution in [-0.4, -0.2) is 23.3 Å². The van der Waals surface area contributed by atoms with E-state index < -0.39 is 0 Å². The van der Waals surface area contributed by atoms with Crippen LogP contribution in [-0.2, 0) is 6.61 Å². The molecular formula is C13H13NO3S. The molecule has 0 aliphatic carbocycles. The Balaban J connectivity index is 1.95. The van der Waals surface area contributed by atoms with Gasteiger partial charge in [0.15, 0.2) is 11.5 Å². The highest BCUT2D eigenvalue weighted by Crippen LogP contribution is 2.35. The predicted molar refractivity (Wildman–Crippen MR) is 69.1 cm³/mol. The number of benzene rings is 1. The summed E-state index contributed by atoms with van der Waals surface area (Å²) in [6.07, 6.45) is 2.60. The third kappa shape index (κ3) is 2.19. The van der Waals surface area contributed by atoms with Crippen molar-refractivity contribution in [1.29, 1.82) is 0 Å². The zero-order valence-corrected chi connectivity index (χ0v) is 10.6. The molecule has 0 amide bonds. The molecule has 0 bridgehead atoms. The number of aliphatic hydroxyl groups is 1. The largest absolute Gasteiger partial charge is 0.490 e. The number of rotatable bonds is 2. The van der Waals surface area contributed by atoms with Crippen LogP contribution in [0.3, 0.4) is 0 Å². The van der Waals surface area contributed by atoms with E-state index in [2.05, 4.69) is 4.98 Å². The van der Waals surface area contributed by atoms with Gasteiger partial charge in [-0.15, -0.1) is 11.3 Å². The zero-order chi connectivity index (χ0) is 12.4. The van der Waals surface area contributed by atoms with Gasteiger partial charge in [0, 0.05) is 18.2 Å². The first-order valence-corrected chi connectivity index (χ1v) is 6.64. The molecule has 0 spiro atoms. The highest BCUT2D eigenvalue weighted by molar-refractivity contribution is 7.15. The number of aliphatic hydroxyl groups excluding tert-OH is 1. The molecule has 18 heavy (non-hydrogen) atoms. The van der Waals surface area contributed by atoms with Gasteiger partial charge in [0.2, 0.25) is 0 Å². The molecule has 1 aliphatic rings. The number of nitrogens with zero attached hydrogens (tertiary/aromatic N) is 1. The summed E-state index contributed by atoms with van der Waals surface area (Å²) in [6, 6.07) is 5.82. The Labute approximate surface area is 109 Å². The quantitative estimate of drug-likeness (QED) is 0.904. The van der Waals surface area contributed by atoms with Gasteiger partial charge in [0.05, 0.1) is 24.7 Å². The molecule has 1 aromatic carbocycles.